The zero-order valence-corrected chi connectivity index (χ0v) is 23.0. The molecule has 196 valence electrons. The van der Waals surface area contributed by atoms with Crippen molar-refractivity contribution in [1.82, 2.24) is 0 Å². The largest absolute Gasteiger partial charge is 0.497 e. The molecule has 1 atom stereocenters. The summed E-state index contributed by atoms with van der Waals surface area (Å²) in [6.45, 7) is 0. The van der Waals surface area contributed by atoms with E-state index in [-0.39, 0.29) is 11.8 Å². The predicted octanol–water partition coefficient (Wildman–Crippen LogP) is 7.23. The van der Waals surface area contributed by atoms with Gasteiger partial charge in [0.2, 0.25) is 5.91 Å². The number of carbonyl (C=O) groups excluding carboxylic acids is 2. The molecule has 5 rings (SSSR count). The van der Waals surface area contributed by atoms with Crippen molar-refractivity contribution in [3.63, 3.8) is 0 Å². The molecule has 2 N–H and O–H groups in total. The van der Waals surface area contributed by atoms with Crippen LogP contribution in [0.5, 0.6) is 5.75 Å². The van der Waals surface area contributed by atoms with E-state index in [4.69, 9.17) is 4.74 Å². The van der Waals surface area contributed by atoms with Crippen LogP contribution in [0.2, 0.25) is 0 Å². The van der Waals surface area contributed by atoms with Gasteiger partial charge in [0.25, 0.3) is 5.91 Å². The standard InChI is InChI=1S/C31H27N3O3S2/c1-37-23-13-7-11-21(17-23)29(35)33-22-12-8-14-24(18-22)38-28(20-9-3-2-4-10-20)30(36)34-31-26(19-32)25-15-5-6-16-27(25)39-31/h2-4,7-14,17-18,28H,5-6,15-16H2,1H3,(H,33,35)(H,34,36). The number of anilines is 2. The fourth-order valence-corrected chi connectivity index (χ4v) is 6.93. The molecule has 4 aromatic rings. The van der Waals surface area contributed by atoms with E-state index in [1.165, 1.54) is 28.0 Å². The van der Waals surface area contributed by atoms with Gasteiger partial charge in [-0.05, 0) is 73.2 Å². The topological polar surface area (TPSA) is 91.2 Å². The zero-order valence-electron chi connectivity index (χ0n) is 21.4. The van der Waals surface area contributed by atoms with Crippen LogP contribution in [0.15, 0.2) is 83.8 Å². The summed E-state index contributed by atoms with van der Waals surface area (Å²) in [5.41, 5.74) is 3.65. The molecule has 0 radical (unpaired) electrons. The number of nitriles is 1. The number of hydrogen-bond donors (Lipinski definition) is 2. The Hall–Kier alpha value is -4.06. The maximum absolute atomic E-state index is 13.7. The Morgan fingerprint density at radius 1 is 0.974 bits per heavy atom. The van der Waals surface area contributed by atoms with Gasteiger partial charge >= 0.3 is 0 Å². The van der Waals surface area contributed by atoms with E-state index in [1.54, 1.807) is 31.4 Å². The molecule has 1 aromatic heterocycles. The van der Waals surface area contributed by atoms with Crippen LogP contribution in [0.25, 0.3) is 0 Å². The number of aryl methyl sites for hydroxylation is 1. The van der Waals surface area contributed by atoms with Gasteiger partial charge in [-0.25, -0.2) is 0 Å². The Morgan fingerprint density at radius 2 is 1.77 bits per heavy atom. The van der Waals surface area contributed by atoms with Crippen LogP contribution in [0.4, 0.5) is 10.7 Å². The summed E-state index contributed by atoms with van der Waals surface area (Å²) in [7, 11) is 1.56. The predicted molar refractivity (Wildman–Crippen MR) is 157 cm³/mol. The molecule has 39 heavy (non-hydrogen) atoms. The molecule has 0 fully saturated rings. The number of benzene rings is 3. The Labute approximate surface area is 236 Å². The van der Waals surface area contributed by atoms with Gasteiger partial charge in [-0.3, -0.25) is 9.59 Å². The van der Waals surface area contributed by atoms with Crippen molar-refractivity contribution in [1.29, 1.82) is 5.26 Å². The highest BCUT2D eigenvalue weighted by molar-refractivity contribution is 8.00. The first kappa shape index (κ1) is 26.5. The van der Waals surface area contributed by atoms with Gasteiger partial charge in [0, 0.05) is 21.0 Å². The van der Waals surface area contributed by atoms with Crippen LogP contribution >= 0.6 is 23.1 Å². The third-order valence-electron chi connectivity index (χ3n) is 6.54. The van der Waals surface area contributed by atoms with Crippen molar-refractivity contribution < 1.29 is 14.3 Å². The molecule has 1 aliphatic carbocycles. The molecule has 6 nitrogen and oxygen atoms in total. The van der Waals surface area contributed by atoms with Gasteiger partial charge in [-0.15, -0.1) is 23.1 Å². The van der Waals surface area contributed by atoms with Gasteiger partial charge in [-0.2, -0.15) is 5.26 Å². The lowest BCUT2D eigenvalue weighted by Crippen LogP contribution is -2.19. The van der Waals surface area contributed by atoms with Crippen molar-refractivity contribution in [2.45, 2.75) is 35.8 Å². The lowest BCUT2D eigenvalue weighted by atomic mass is 9.96. The zero-order chi connectivity index (χ0) is 27.2. The summed E-state index contributed by atoms with van der Waals surface area (Å²) < 4.78 is 5.22. The van der Waals surface area contributed by atoms with Crippen LogP contribution < -0.4 is 15.4 Å². The average Bonchev–Trinajstić information content (AvgIpc) is 3.33. The maximum Gasteiger partial charge on any atom is 0.255 e. The molecular weight excluding hydrogens is 526 g/mol. The Morgan fingerprint density at radius 3 is 2.56 bits per heavy atom. The minimum atomic E-state index is -0.554. The Balaban J connectivity index is 1.37. The molecule has 0 saturated carbocycles. The van der Waals surface area contributed by atoms with Crippen LogP contribution in [-0.2, 0) is 17.6 Å². The molecule has 1 unspecified atom stereocenters. The third-order valence-corrected chi connectivity index (χ3v) is 8.99. The number of methoxy groups -OCH3 is 1. The highest BCUT2D eigenvalue weighted by Gasteiger charge is 2.26. The number of thiophene rings is 1. The van der Waals surface area contributed by atoms with E-state index in [0.29, 0.717) is 27.6 Å². The van der Waals surface area contributed by atoms with Crippen molar-refractivity contribution in [3.8, 4) is 11.8 Å². The number of nitrogens with one attached hydrogen (secondary N) is 2. The highest BCUT2D eigenvalue weighted by atomic mass is 32.2. The fraction of sp³-hybridized carbons (Fsp3) is 0.194. The average molecular weight is 554 g/mol. The van der Waals surface area contributed by atoms with Crippen LogP contribution in [-0.4, -0.2) is 18.9 Å². The Kier molecular flexibility index (Phi) is 8.30. The number of nitrogens with zero attached hydrogens (tertiary/aromatic N) is 1. The van der Waals surface area contributed by atoms with E-state index < -0.39 is 5.25 Å². The van der Waals surface area contributed by atoms with Crippen LogP contribution in [0.1, 0.15) is 50.0 Å². The summed E-state index contributed by atoms with van der Waals surface area (Å²) in [5, 5.41) is 15.9. The number of fused-ring (bicyclic) bond motifs is 1. The molecule has 3 aromatic carbocycles. The fourth-order valence-electron chi connectivity index (χ4n) is 4.60. The van der Waals surface area contributed by atoms with Gasteiger partial charge in [-0.1, -0.05) is 42.5 Å². The summed E-state index contributed by atoms with van der Waals surface area (Å²) in [4.78, 5) is 28.6. The van der Waals surface area contributed by atoms with E-state index >= 15 is 0 Å². The lowest BCUT2D eigenvalue weighted by molar-refractivity contribution is -0.115. The quantitative estimate of drug-likeness (QED) is 0.225. The number of ether oxygens (including phenoxy) is 1. The first-order valence-electron chi connectivity index (χ1n) is 12.7. The summed E-state index contributed by atoms with van der Waals surface area (Å²) in [5.74, 6) is 0.168. The number of carbonyl (C=O) groups is 2. The van der Waals surface area contributed by atoms with E-state index in [0.717, 1.165) is 41.7 Å². The highest BCUT2D eigenvalue weighted by Crippen LogP contribution is 2.41. The number of hydrogen-bond acceptors (Lipinski definition) is 6. The molecule has 0 aliphatic heterocycles. The summed E-state index contributed by atoms with van der Waals surface area (Å²) >= 11 is 2.92. The molecule has 0 saturated heterocycles. The monoisotopic (exact) mass is 553 g/mol. The van der Waals surface area contributed by atoms with Gasteiger partial charge < -0.3 is 15.4 Å². The maximum atomic E-state index is 13.7. The molecular formula is C31H27N3O3S2. The minimum absolute atomic E-state index is 0.188. The van der Waals surface area contributed by atoms with Gasteiger partial charge in [0.05, 0.1) is 12.7 Å². The van der Waals surface area contributed by atoms with Crippen molar-refractivity contribution in [2.75, 3.05) is 17.7 Å². The second kappa shape index (κ2) is 12.2. The van der Waals surface area contributed by atoms with Crippen LogP contribution in [0.3, 0.4) is 0 Å². The van der Waals surface area contributed by atoms with Crippen molar-refractivity contribution in [2.24, 2.45) is 0 Å². The van der Waals surface area contributed by atoms with E-state index in [2.05, 4.69) is 16.7 Å². The SMILES string of the molecule is COc1cccc(C(=O)Nc2cccc(SC(C(=O)Nc3sc4c(c3C#N)CCCC4)c3ccccc3)c2)c1. The Bertz CT molecular complexity index is 1540. The smallest absolute Gasteiger partial charge is 0.255 e. The number of thioether (sulfide) groups is 1. The van der Waals surface area contributed by atoms with Gasteiger partial charge in [0.15, 0.2) is 0 Å². The second-order valence-electron chi connectivity index (χ2n) is 9.14. The minimum Gasteiger partial charge on any atom is -0.497 e. The summed E-state index contributed by atoms with van der Waals surface area (Å²) in [6, 6.07) is 26.3. The third kappa shape index (κ3) is 6.17. The molecule has 2 amide bonds. The van der Waals surface area contributed by atoms with Crippen molar-refractivity contribution >= 4 is 45.6 Å². The second-order valence-corrected chi connectivity index (χ2v) is 11.4. The normalized spacial score (nSPS) is 13.0. The summed E-state index contributed by atoms with van der Waals surface area (Å²) in [6.07, 6.45) is 4.02. The number of amides is 2. The van der Waals surface area contributed by atoms with Crippen molar-refractivity contribution in [3.05, 3.63) is 106 Å². The first-order valence-corrected chi connectivity index (χ1v) is 14.4. The van der Waals surface area contributed by atoms with Gasteiger partial charge in [0.1, 0.15) is 22.1 Å². The molecule has 0 bridgehead atoms. The molecule has 8 heteroatoms. The lowest BCUT2D eigenvalue weighted by Gasteiger charge is -2.17. The molecule has 1 heterocycles. The number of rotatable bonds is 8. The molecule has 0 spiro atoms. The van der Waals surface area contributed by atoms with Crippen LogP contribution in [0, 0.1) is 11.3 Å². The molecule has 1 aliphatic rings. The first-order chi connectivity index (χ1) is 19.1. The van der Waals surface area contributed by atoms with E-state index in [9.17, 15) is 14.9 Å². The van der Waals surface area contributed by atoms with E-state index in [1.807, 2.05) is 54.6 Å².